The smallest absolute Gasteiger partial charge is 0.255 e. The number of halogens is 1. The molecule has 0 bridgehead atoms. The summed E-state index contributed by atoms with van der Waals surface area (Å²) in [5, 5.41) is 2.86. The lowest BCUT2D eigenvalue weighted by molar-refractivity contribution is 0.102. The molecule has 0 fully saturated rings. The fourth-order valence-corrected chi connectivity index (χ4v) is 2.05. The molecule has 0 unspecified atom stereocenters. The van der Waals surface area contributed by atoms with Gasteiger partial charge in [-0.25, -0.2) is 0 Å². The molecule has 0 radical (unpaired) electrons. The number of thiol groups is 1. The van der Waals surface area contributed by atoms with Gasteiger partial charge in [0.05, 0.1) is 0 Å². The molecule has 0 atom stereocenters. The second kappa shape index (κ2) is 5.59. The van der Waals surface area contributed by atoms with E-state index in [0.29, 0.717) is 5.56 Å². The number of hydrogen-bond donors (Lipinski definition) is 2. The summed E-state index contributed by atoms with van der Waals surface area (Å²) >= 11 is 7.60. The first-order valence-corrected chi connectivity index (χ1v) is 6.67. The maximum Gasteiger partial charge on any atom is 0.255 e. The second-order valence-corrected chi connectivity index (χ2v) is 5.39. The minimum atomic E-state index is -0.120. The monoisotopic (exact) mass is 321 g/mol. The third-order valence-corrected chi connectivity index (χ3v) is 3.37. The lowest BCUT2D eigenvalue weighted by atomic mass is 10.1. The van der Waals surface area contributed by atoms with Gasteiger partial charge in [0, 0.05) is 20.6 Å². The molecule has 0 aromatic heterocycles. The number of aryl methyl sites for hydroxylation is 1. The van der Waals surface area contributed by atoms with Crippen LogP contribution < -0.4 is 5.32 Å². The zero-order valence-corrected chi connectivity index (χ0v) is 12.3. The van der Waals surface area contributed by atoms with Gasteiger partial charge < -0.3 is 5.32 Å². The highest BCUT2D eigenvalue weighted by Gasteiger charge is 2.09. The third kappa shape index (κ3) is 3.15. The molecule has 2 aromatic carbocycles. The maximum absolute atomic E-state index is 12.1. The van der Waals surface area contributed by atoms with Crippen molar-refractivity contribution in [3.05, 3.63) is 58.1 Å². The summed E-state index contributed by atoms with van der Waals surface area (Å²) in [4.78, 5) is 12.9. The summed E-state index contributed by atoms with van der Waals surface area (Å²) in [7, 11) is 0. The molecular weight excluding hydrogens is 310 g/mol. The molecule has 0 heterocycles. The van der Waals surface area contributed by atoms with Crippen LogP contribution in [-0.2, 0) is 0 Å². The van der Waals surface area contributed by atoms with Crippen molar-refractivity contribution in [2.75, 3.05) is 5.32 Å². The lowest BCUT2D eigenvalue weighted by Gasteiger charge is -2.08. The van der Waals surface area contributed by atoms with Crippen LogP contribution in [0.25, 0.3) is 0 Å². The topological polar surface area (TPSA) is 29.1 Å². The van der Waals surface area contributed by atoms with Crippen LogP contribution in [0.5, 0.6) is 0 Å². The average Bonchev–Trinajstić information content (AvgIpc) is 2.35. The van der Waals surface area contributed by atoms with Crippen molar-refractivity contribution in [3.8, 4) is 0 Å². The summed E-state index contributed by atoms with van der Waals surface area (Å²) < 4.78 is 0.981. The highest BCUT2D eigenvalue weighted by Crippen LogP contribution is 2.18. The molecule has 1 N–H and O–H groups in total. The fraction of sp³-hybridized carbons (Fsp3) is 0.0714. The SMILES string of the molecule is Cc1ccc(S)cc1C(=O)Nc1ccc(Br)cc1. The minimum Gasteiger partial charge on any atom is -0.322 e. The van der Waals surface area contributed by atoms with E-state index >= 15 is 0 Å². The van der Waals surface area contributed by atoms with Gasteiger partial charge in [-0.2, -0.15) is 0 Å². The molecule has 92 valence electrons. The summed E-state index contributed by atoms with van der Waals surface area (Å²) in [6.45, 7) is 1.91. The van der Waals surface area contributed by atoms with Crippen molar-refractivity contribution in [2.24, 2.45) is 0 Å². The second-order valence-electron chi connectivity index (χ2n) is 3.96. The normalized spacial score (nSPS) is 10.2. The molecule has 0 aliphatic carbocycles. The number of anilines is 1. The molecule has 2 nitrogen and oxygen atoms in total. The van der Waals surface area contributed by atoms with Crippen LogP contribution in [0.1, 0.15) is 15.9 Å². The van der Waals surface area contributed by atoms with E-state index in [-0.39, 0.29) is 5.91 Å². The number of nitrogens with one attached hydrogen (secondary N) is 1. The Morgan fingerprint density at radius 1 is 1.17 bits per heavy atom. The van der Waals surface area contributed by atoms with E-state index in [9.17, 15) is 4.79 Å². The number of rotatable bonds is 2. The van der Waals surface area contributed by atoms with Crippen molar-refractivity contribution in [3.63, 3.8) is 0 Å². The molecule has 2 rings (SSSR count). The van der Waals surface area contributed by atoms with Gasteiger partial charge in [-0.1, -0.05) is 22.0 Å². The number of carbonyl (C=O) groups excluding carboxylic acids is 1. The van der Waals surface area contributed by atoms with Gasteiger partial charge in [0.25, 0.3) is 5.91 Å². The van der Waals surface area contributed by atoms with E-state index in [1.54, 1.807) is 6.07 Å². The Balaban J connectivity index is 2.21. The van der Waals surface area contributed by atoms with Gasteiger partial charge >= 0.3 is 0 Å². The summed E-state index contributed by atoms with van der Waals surface area (Å²) in [5.74, 6) is -0.120. The van der Waals surface area contributed by atoms with Crippen LogP contribution in [0.4, 0.5) is 5.69 Å². The molecule has 0 spiro atoms. The standard InChI is InChI=1S/C14H12BrNOS/c1-9-2-7-12(18)8-13(9)14(17)16-11-5-3-10(15)4-6-11/h2-8,18H,1H3,(H,16,17). The summed E-state index contributed by atoms with van der Waals surface area (Å²) in [5.41, 5.74) is 2.35. The van der Waals surface area contributed by atoms with Gasteiger partial charge in [-0.3, -0.25) is 4.79 Å². The predicted molar refractivity (Wildman–Crippen MR) is 80.5 cm³/mol. The molecule has 0 aliphatic heterocycles. The van der Waals surface area contributed by atoms with Crippen molar-refractivity contribution in [1.29, 1.82) is 0 Å². The summed E-state index contributed by atoms with van der Waals surface area (Å²) in [6, 6.07) is 13.0. The highest BCUT2D eigenvalue weighted by atomic mass is 79.9. The van der Waals surface area contributed by atoms with E-state index in [0.717, 1.165) is 20.6 Å². The van der Waals surface area contributed by atoms with Gasteiger partial charge in [0.1, 0.15) is 0 Å². The molecule has 4 heteroatoms. The number of hydrogen-bond acceptors (Lipinski definition) is 2. The molecule has 0 aliphatic rings. The Morgan fingerprint density at radius 3 is 2.50 bits per heavy atom. The Bertz CT molecular complexity index is 581. The Kier molecular flexibility index (Phi) is 4.09. The van der Waals surface area contributed by atoms with E-state index < -0.39 is 0 Å². The molecule has 1 amide bonds. The van der Waals surface area contributed by atoms with E-state index in [1.165, 1.54) is 0 Å². The molecule has 18 heavy (non-hydrogen) atoms. The maximum atomic E-state index is 12.1. The largest absolute Gasteiger partial charge is 0.322 e. The Morgan fingerprint density at radius 2 is 1.83 bits per heavy atom. The first-order valence-electron chi connectivity index (χ1n) is 5.43. The van der Waals surface area contributed by atoms with Gasteiger partial charge in [-0.05, 0) is 48.9 Å². The molecule has 0 saturated heterocycles. The van der Waals surface area contributed by atoms with Crippen molar-refractivity contribution in [1.82, 2.24) is 0 Å². The number of amides is 1. The quantitative estimate of drug-likeness (QED) is 0.793. The fourth-order valence-electron chi connectivity index (χ4n) is 1.59. The zero-order valence-electron chi connectivity index (χ0n) is 9.77. The van der Waals surface area contributed by atoms with Crippen molar-refractivity contribution >= 4 is 40.2 Å². The van der Waals surface area contributed by atoms with Gasteiger partial charge in [0.15, 0.2) is 0 Å². The first-order chi connectivity index (χ1) is 8.56. The highest BCUT2D eigenvalue weighted by molar-refractivity contribution is 9.10. The van der Waals surface area contributed by atoms with Crippen LogP contribution in [0.3, 0.4) is 0 Å². The third-order valence-electron chi connectivity index (χ3n) is 2.57. The zero-order chi connectivity index (χ0) is 13.1. The molecule has 2 aromatic rings. The average molecular weight is 322 g/mol. The van der Waals surface area contributed by atoms with E-state index in [1.807, 2.05) is 43.3 Å². The predicted octanol–water partition coefficient (Wildman–Crippen LogP) is 4.30. The van der Waals surface area contributed by atoms with Gasteiger partial charge in [0.2, 0.25) is 0 Å². The van der Waals surface area contributed by atoms with Crippen LogP contribution in [0, 0.1) is 6.92 Å². The van der Waals surface area contributed by atoms with Crippen molar-refractivity contribution in [2.45, 2.75) is 11.8 Å². The minimum absolute atomic E-state index is 0.120. The Hall–Kier alpha value is -1.26. The van der Waals surface area contributed by atoms with Crippen molar-refractivity contribution < 1.29 is 4.79 Å². The first kappa shape index (κ1) is 13.2. The van der Waals surface area contributed by atoms with Crippen LogP contribution in [-0.4, -0.2) is 5.91 Å². The molecular formula is C14H12BrNOS. The molecule has 0 saturated carbocycles. The van der Waals surface area contributed by atoms with Crippen LogP contribution in [0.2, 0.25) is 0 Å². The number of carbonyl (C=O) groups is 1. The number of benzene rings is 2. The van der Waals surface area contributed by atoms with Crippen LogP contribution in [0.15, 0.2) is 51.8 Å². The lowest BCUT2D eigenvalue weighted by Crippen LogP contribution is -2.13. The Labute approximate surface area is 120 Å². The van der Waals surface area contributed by atoms with E-state index in [2.05, 4.69) is 33.9 Å². The van der Waals surface area contributed by atoms with Crippen LogP contribution >= 0.6 is 28.6 Å². The van der Waals surface area contributed by atoms with Gasteiger partial charge in [-0.15, -0.1) is 12.6 Å². The summed E-state index contributed by atoms with van der Waals surface area (Å²) in [6.07, 6.45) is 0. The van der Waals surface area contributed by atoms with E-state index in [4.69, 9.17) is 0 Å².